The number of halogens is 2. The average molecular weight is 528 g/mol. The monoisotopic (exact) mass is 527 g/mol. The van der Waals surface area contributed by atoms with Crippen LogP contribution in [0.5, 0.6) is 17.2 Å². The SMILES string of the molecule is CCOc1cccc(C2/C(=C(\O)c3cc(OC)c(Cl)cc3OC)C(=O)C(=O)N2c2ccc(Cl)cc2)c1. The first-order valence-electron chi connectivity index (χ1n) is 11.0. The molecular formula is C27H23Cl2NO6. The molecule has 3 aromatic rings. The lowest BCUT2D eigenvalue weighted by atomic mass is 9.94. The van der Waals surface area contributed by atoms with E-state index in [2.05, 4.69) is 0 Å². The van der Waals surface area contributed by atoms with E-state index in [-0.39, 0.29) is 27.7 Å². The molecule has 1 saturated heterocycles. The quantitative estimate of drug-likeness (QED) is 0.229. The van der Waals surface area contributed by atoms with Gasteiger partial charge >= 0.3 is 0 Å². The van der Waals surface area contributed by atoms with Crippen molar-refractivity contribution >= 4 is 46.3 Å². The number of methoxy groups -OCH3 is 2. The number of Topliss-reactive ketones (excluding diaryl/α,β-unsaturated/α-hetero) is 1. The molecule has 1 fully saturated rings. The standard InChI is InChI=1S/C27H23Cl2NO6/c1-4-36-18-7-5-6-15(12-18)24-23(25(31)19-13-22(35-3)20(29)14-21(19)34-2)26(32)27(33)30(24)17-10-8-16(28)9-11-17/h5-14,24,31H,4H2,1-3H3/b25-23+. The van der Waals surface area contributed by atoms with Gasteiger partial charge in [-0.3, -0.25) is 14.5 Å². The van der Waals surface area contributed by atoms with Crippen molar-refractivity contribution in [1.82, 2.24) is 0 Å². The molecule has 186 valence electrons. The molecule has 0 saturated carbocycles. The van der Waals surface area contributed by atoms with Crippen LogP contribution in [0.1, 0.15) is 24.1 Å². The number of aliphatic hydroxyl groups excluding tert-OH is 1. The predicted octanol–water partition coefficient (Wildman–Crippen LogP) is 6.04. The van der Waals surface area contributed by atoms with Crippen molar-refractivity contribution in [1.29, 1.82) is 0 Å². The summed E-state index contributed by atoms with van der Waals surface area (Å²) in [5.74, 6) is -1.06. The maximum absolute atomic E-state index is 13.4. The summed E-state index contributed by atoms with van der Waals surface area (Å²) >= 11 is 12.3. The molecule has 0 bridgehead atoms. The fourth-order valence-electron chi connectivity index (χ4n) is 4.15. The zero-order valence-corrected chi connectivity index (χ0v) is 21.3. The minimum Gasteiger partial charge on any atom is -0.507 e. The number of rotatable bonds is 7. The third kappa shape index (κ3) is 4.59. The molecule has 7 nitrogen and oxygen atoms in total. The van der Waals surface area contributed by atoms with E-state index in [4.69, 9.17) is 37.4 Å². The van der Waals surface area contributed by atoms with Crippen LogP contribution in [0.2, 0.25) is 10.0 Å². The first kappa shape index (κ1) is 25.4. The van der Waals surface area contributed by atoms with E-state index < -0.39 is 23.5 Å². The molecule has 9 heteroatoms. The lowest BCUT2D eigenvalue weighted by Crippen LogP contribution is -2.29. The molecule has 0 aromatic heterocycles. The fraction of sp³-hybridized carbons (Fsp3) is 0.185. The predicted molar refractivity (Wildman–Crippen MR) is 138 cm³/mol. The van der Waals surface area contributed by atoms with Crippen LogP contribution >= 0.6 is 23.2 Å². The van der Waals surface area contributed by atoms with Crippen molar-refractivity contribution in [2.45, 2.75) is 13.0 Å². The Morgan fingerprint density at radius 3 is 2.31 bits per heavy atom. The van der Waals surface area contributed by atoms with Gasteiger partial charge < -0.3 is 19.3 Å². The molecule has 1 aliphatic heterocycles. The molecule has 1 unspecified atom stereocenters. The number of ketones is 1. The van der Waals surface area contributed by atoms with E-state index in [9.17, 15) is 14.7 Å². The number of carbonyl (C=O) groups is 2. The average Bonchev–Trinajstić information content (AvgIpc) is 3.14. The molecule has 0 spiro atoms. The van der Waals surface area contributed by atoms with Crippen molar-refractivity contribution in [3.05, 3.63) is 87.4 Å². The second kappa shape index (κ2) is 10.5. The number of amides is 1. The lowest BCUT2D eigenvalue weighted by Gasteiger charge is -2.26. The maximum atomic E-state index is 13.4. The van der Waals surface area contributed by atoms with Gasteiger partial charge in [0.1, 0.15) is 23.0 Å². The number of ether oxygens (including phenoxy) is 3. The van der Waals surface area contributed by atoms with Gasteiger partial charge in [0.25, 0.3) is 11.7 Å². The van der Waals surface area contributed by atoms with Crippen molar-refractivity contribution in [3.63, 3.8) is 0 Å². The van der Waals surface area contributed by atoms with Crippen LogP contribution in [-0.2, 0) is 9.59 Å². The summed E-state index contributed by atoms with van der Waals surface area (Å²) in [4.78, 5) is 28.1. The molecule has 1 aliphatic rings. The smallest absolute Gasteiger partial charge is 0.300 e. The first-order valence-corrected chi connectivity index (χ1v) is 11.8. The second-order valence-electron chi connectivity index (χ2n) is 7.84. The minimum atomic E-state index is -0.960. The van der Waals surface area contributed by atoms with Gasteiger partial charge in [-0.2, -0.15) is 0 Å². The Kier molecular flexibility index (Phi) is 7.43. The molecule has 4 rings (SSSR count). The third-order valence-corrected chi connectivity index (χ3v) is 6.31. The maximum Gasteiger partial charge on any atom is 0.300 e. The van der Waals surface area contributed by atoms with E-state index >= 15 is 0 Å². The van der Waals surface area contributed by atoms with Gasteiger partial charge in [-0.05, 0) is 55.0 Å². The number of carbonyl (C=O) groups excluding carboxylic acids is 2. The van der Waals surface area contributed by atoms with Crippen molar-refractivity contribution < 1.29 is 28.9 Å². The van der Waals surface area contributed by atoms with Crippen LogP contribution in [0.3, 0.4) is 0 Å². The van der Waals surface area contributed by atoms with Crippen LogP contribution in [-0.4, -0.2) is 37.6 Å². The van der Waals surface area contributed by atoms with Crippen LogP contribution in [0.4, 0.5) is 5.69 Å². The largest absolute Gasteiger partial charge is 0.507 e. The topological polar surface area (TPSA) is 85.3 Å². The first-order chi connectivity index (χ1) is 17.3. The Hall–Kier alpha value is -3.68. The molecule has 0 radical (unpaired) electrons. The Morgan fingerprint density at radius 2 is 1.67 bits per heavy atom. The van der Waals surface area contributed by atoms with Gasteiger partial charge in [-0.1, -0.05) is 35.3 Å². The number of hydrogen-bond donors (Lipinski definition) is 1. The highest BCUT2D eigenvalue weighted by atomic mass is 35.5. The van der Waals surface area contributed by atoms with Gasteiger partial charge in [0.2, 0.25) is 0 Å². The van der Waals surface area contributed by atoms with Crippen molar-refractivity contribution in [3.8, 4) is 17.2 Å². The normalized spacial score (nSPS) is 16.8. The Labute approximate surface area is 218 Å². The van der Waals surface area contributed by atoms with E-state index in [0.29, 0.717) is 28.6 Å². The highest BCUT2D eigenvalue weighted by molar-refractivity contribution is 6.51. The summed E-state index contributed by atoms with van der Waals surface area (Å²) in [7, 11) is 2.83. The van der Waals surface area contributed by atoms with Crippen LogP contribution < -0.4 is 19.1 Å². The summed E-state index contributed by atoms with van der Waals surface area (Å²) in [6.45, 7) is 2.29. The molecule has 1 N–H and O–H groups in total. The van der Waals surface area contributed by atoms with Gasteiger partial charge in [-0.15, -0.1) is 0 Å². The van der Waals surface area contributed by atoms with Crippen molar-refractivity contribution in [2.24, 2.45) is 0 Å². The van der Waals surface area contributed by atoms with Crippen molar-refractivity contribution in [2.75, 3.05) is 25.7 Å². The number of benzene rings is 3. The Balaban J connectivity index is 1.99. The molecule has 36 heavy (non-hydrogen) atoms. The number of anilines is 1. The van der Waals surface area contributed by atoms with Gasteiger partial charge in [0.05, 0.1) is 43.0 Å². The van der Waals surface area contributed by atoms with Gasteiger partial charge in [-0.25, -0.2) is 0 Å². The number of hydrogen-bond acceptors (Lipinski definition) is 6. The summed E-state index contributed by atoms with van der Waals surface area (Å²) in [5.41, 5.74) is 1.04. The Bertz CT molecular complexity index is 1350. The molecule has 0 aliphatic carbocycles. The van der Waals surface area contributed by atoms with E-state index in [0.717, 1.165) is 0 Å². The molecule has 1 atom stereocenters. The summed E-state index contributed by atoms with van der Waals surface area (Å²) in [5, 5.41) is 12.2. The molecule has 1 amide bonds. The highest BCUT2D eigenvalue weighted by Gasteiger charge is 2.47. The number of aliphatic hydroxyl groups is 1. The fourth-order valence-corrected chi connectivity index (χ4v) is 4.50. The van der Waals surface area contributed by atoms with Crippen LogP contribution in [0.15, 0.2) is 66.2 Å². The van der Waals surface area contributed by atoms with Crippen LogP contribution in [0, 0.1) is 0 Å². The van der Waals surface area contributed by atoms with E-state index in [1.54, 1.807) is 48.5 Å². The molecule has 3 aromatic carbocycles. The lowest BCUT2D eigenvalue weighted by molar-refractivity contribution is -0.132. The minimum absolute atomic E-state index is 0.119. The third-order valence-electron chi connectivity index (χ3n) is 5.76. The van der Waals surface area contributed by atoms with Gasteiger partial charge in [0, 0.05) is 16.8 Å². The van der Waals surface area contributed by atoms with E-state index in [1.165, 1.54) is 31.3 Å². The highest BCUT2D eigenvalue weighted by Crippen LogP contribution is 2.45. The van der Waals surface area contributed by atoms with E-state index in [1.807, 2.05) is 6.92 Å². The number of nitrogens with zero attached hydrogens (tertiary/aromatic N) is 1. The molecular weight excluding hydrogens is 505 g/mol. The van der Waals surface area contributed by atoms with Crippen LogP contribution in [0.25, 0.3) is 5.76 Å². The Morgan fingerprint density at radius 1 is 0.972 bits per heavy atom. The molecule has 1 heterocycles. The second-order valence-corrected chi connectivity index (χ2v) is 8.68. The summed E-state index contributed by atoms with van der Waals surface area (Å²) < 4.78 is 16.3. The summed E-state index contributed by atoms with van der Waals surface area (Å²) in [6, 6.07) is 15.5. The zero-order valence-electron chi connectivity index (χ0n) is 19.7. The summed E-state index contributed by atoms with van der Waals surface area (Å²) in [6.07, 6.45) is 0. The van der Waals surface area contributed by atoms with Gasteiger partial charge in [0.15, 0.2) is 0 Å². The zero-order chi connectivity index (χ0) is 26.0.